The number of hydrazine groups is 1. The Labute approximate surface area is 107 Å². The highest BCUT2D eigenvalue weighted by atomic mass is 32.2. The molecule has 0 bridgehead atoms. The van der Waals surface area contributed by atoms with Gasteiger partial charge in [0.15, 0.2) is 0 Å². The molecule has 0 saturated carbocycles. The minimum Gasteiger partial charge on any atom is -0.308 e. The van der Waals surface area contributed by atoms with Gasteiger partial charge in [0, 0.05) is 22.9 Å². The molecule has 3 nitrogen and oxygen atoms in total. The van der Waals surface area contributed by atoms with Crippen LogP contribution in [0.4, 0.5) is 14.6 Å². The minimum absolute atomic E-state index is 0.414. The summed E-state index contributed by atoms with van der Waals surface area (Å²) in [6, 6.07) is 7.12. The summed E-state index contributed by atoms with van der Waals surface area (Å²) >= 11 is 1.29. The number of aromatic nitrogens is 1. The first-order valence-corrected chi connectivity index (χ1v) is 6.17. The number of pyridine rings is 1. The Bertz CT molecular complexity index is 531. The molecule has 1 heterocycles. The number of halogens is 2. The zero-order valence-corrected chi connectivity index (χ0v) is 10.2. The van der Waals surface area contributed by atoms with Crippen LogP contribution >= 0.6 is 11.8 Å². The van der Waals surface area contributed by atoms with Gasteiger partial charge >= 0.3 is 0 Å². The predicted molar refractivity (Wildman–Crippen MR) is 68.0 cm³/mol. The molecule has 94 valence electrons. The Hall–Kier alpha value is -1.66. The van der Waals surface area contributed by atoms with Crippen LogP contribution in [0.15, 0.2) is 41.4 Å². The molecular formula is C12H11F2N3S. The van der Waals surface area contributed by atoms with Crippen molar-refractivity contribution in [3.05, 3.63) is 53.7 Å². The second kappa shape index (κ2) is 5.79. The van der Waals surface area contributed by atoms with Gasteiger partial charge in [0.25, 0.3) is 0 Å². The summed E-state index contributed by atoms with van der Waals surface area (Å²) in [5.74, 6) is 5.20. The fourth-order valence-electron chi connectivity index (χ4n) is 1.35. The van der Waals surface area contributed by atoms with Crippen LogP contribution in [0.5, 0.6) is 0 Å². The predicted octanol–water partition coefficient (Wildman–Crippen LogP) is 2.94. The molecule has 0 amide bonds. The quantitative estimate of drug-likeness (QED) is 0.508. The molecule has 0 unspecified atom stereocenters. The zero-order valence-electron chi connectivity index (χ0n) is 9.36. The number of anilines is 1. The third-order valence-corrected chi connectivity index (χ3v) is 3.38. The maximum atomic E-state index is 13.4. The molecule has 0 aliphatic rings. The maximum Gasteiger partial charge on any atom is 0.139 e. The fourth-order valence-corrected chi connectivity index (χ4v) is 2.20. The Kier molecular flexibility index (Phi) is 4.11. The first-order valence-electron chi connectivity index (χ1n) is 5.18. The summed E-state index contributed by atoms with van der Waals surface area (Å²) in [6.45, 7) is 0. The molecule has 2 rings (SSSR count). The molecule has 3 N–H and O–H groups in total. The van der Waals surface area contributed by atoms with Crippen molar-refractivity contribution in [1.82, 2.24) is 4.98 Å². The third kappa shape index (κ3) is 3.18. The Balaban J connectivity index is 2.02. The monoisotopic (exact) mass is 267 g/mol. The van der Waals surface area contributed by atoms with Crippen LogP contribution in [0.1, 0.15) is 5.56 Å². The number of thioether (sulfide) groups is 1. The van der Waals surface area contributed by atoms with Crippen LogP contribution in [-0.4, -0.2) is 4.98 Å². The van der Waals surface area contributed by atoms with Crippen molar-refractivity contribution < 1.29 is 8.78 Å². The van der Waals surface area contributed by atoms with Crippen LogP contribution in [0.25, 0.3) is 0 Å². The normalized spacial score (nSPS) is 10.4. The number of hydrogen-bond acceptors (Lipinski definition) is 4. The highest BCUT2D eigenvalue weighted by Gasteiger charge is 2.05. The van der Waals surface area contributed by atoms with Crippen molar-refractivity contribution in [2.45, 2.75) is 10.6 Å². The van der Waals surface area contributed by atoms with Gasteiger partial charge in [0.05, 0.1) is 0 Å². The van der Waals surface area contributed by atoms with Crippen LogP contribution in [0.2, 0.25) is 0 Å². The lowest BCUT2D eigenvalue weighted by molar-refractivity contribution is 0.565. The van der Waals surface area contributed by atoms with E-state index in [-0.39, 0.29) is 0 Å². The molecule has 0 radical (unpaired) electrons. The lowest BCUT2D eigenvalue weighted by atomic mass is 10.3. The van der Waals surface area contributed by atoms with Gasteiger partial charge in [-0.1, -0.05) is 6.07 Å². The number of nitrogen functional groups attached to an aromatic ring is 1. The standard InChI is InChI=1S/C12H11F2N3S/c13-9-2-3-11(10(14)5-9)18-7-8-1-4-12(17-15)16-6-8/h1-6H,7,15H2,(H,16,17). The van der Waals surface area contributed by atoms with E-state index < -0.39 is 11.6 Å². The summed E-state index contributed by atoms with van der Waals surface area (Å²) in [5, 5.41) is 0. The lowest BCUT2D eigenvalue weighted by Crippen LogP contribution is -2.08. The van der Waals surface area contributed by atoms with E-state index in [4.69, 9.17) is 5.84 Å². The van der Waals surface area contributed by atoms with Gasteiger partial charge in [-0.3, -0.25) is 0 Å². The lowest BCUT2D eigenvalue weighted by Gasteiger charge is -2.04. The molecule has 0 fully saturated rings. The molecule has 6 heteroatoms. The zero-order chi connectivity index (χ0) is 13.0. The Morgan fingerprint density at radius 3 is 2.67 bits per heavy atom. The van der Waals surface area contributed by atoms with E-state index in [1.165, 1.54) is 23.9 Å². The van der Waals surface area contributed by atoms with E-state index >= 15 is 0 Å². The summed E-state index contributed by atoms with van der Waals surface area (Å²) < 4.78 is 26.1. The van der Waals surface area contributed by atoms with Crippen LogP contribution in [0.3, 0.4) is 0 Å². The third-order valence-electron chi connectivity index (χ3n) is 2.26. The first kappa shape index (κ1) is 12.8. The van der Waals surface area contributed by atoms with Crippen molar-refractivity contribution in [3.63, 3.8) is 0 Å². The number of benzene rings is 1. The van der Waals surface area contributed by atoms with E-state index in [1.807, 2.05) is 6.07 Å². The molecule has 1 aromatic carbocycles. The van der Waals surface area contributed by atoms with E-state index in [9.17, 15) is 8.78 Å². The molecule has 1 aromatic heterocycles. The van der Waals surface area contributed by atoms with Crippen molar-refractivity contribution in [3.8, 4) is 0 Å². The number of nitrogens with zero attached hydrogens (tertiary/aromatic N) is 1. The SMILES string of the molecule is NNc1ccc(CSc2ccc(F)cc2F)cn1. The van der Waals surface area contributed by atoms with Gasteiger partial charge < -0.3 is 5.43 Å². The van der Waals surface area contributed by atoms with Crippen molar-refractivity contribution in [1.29, 1.82) is 0 Å². The molecule has 2 aromatic rings. The molecule has 0 atom stereocenters. The second-order valence-electron chi connectivity index (χ2n) is 3.56. The van der Waals surface area contributed by atoms with E-state index in [0.29, 0.717) is 16.5 Å². The van der Waals surface area contributed by atoms with Gasteiger partial charge in [0.1, 0.15) is 17.5 Å². The average molecular weight is 267 g/mol. The molecular weight excluding hydrogens is 256 g/mol. The van der Waals surface area contributed by atoms with Gasteiger partial charge in [-0.2, -0.15) is 0 Å². The van der Waals surface area contributed by atoms with Gasteiger partial charge in [-0.05, 0) is 23.8 Å². The van der Waals surface area contributed by atoms with Gasteiger partial charge in [-0.25, -0.2) is 19.6 Å². The smallest absolute Gasteiger partial charge is 0.139 e. The Morgan fingerprint density at radius 1 is 1.22 bits per heavy atom. The molecule has 0 aliphatic heterocycles. The highest BCUT2D eigenvalue weighted by Crippen LogP contribution is 2.25. The highest BCUT2D eigenvalue weighted by molar-refractivity contribution is 7.98. The summed E-state index contributed by atoms with van der Waals surface area (Å²) in [4.78, 5) is 4.46. The maximum absolute atomic E-state index is 13.4. The van der Waals surface area contributed by atoms with E-state index in [1.54, 1.807) is 12.3 Å². The minimum atomic E-state index is -0.572. The van der Waals surface area contributed by atoms with Crippen LogP contribution < -0.4 is 11.3 Å². The summed E-state index contributed by atoms with van der Waals surface area (Å²) in [5.41, 5.74) is 3.36. The van der Waals surface area contributed by atoms with Gasteiger partial charge in [-0.15, -0.1) is 11.8 Å². The number of rotatable bonds is 4. The topological polar surface area (TPSA) is 50.9 Å². The van der Waals surface area contributed by atoms with Crippen molar-refractivity contribution in [2.75, 3.05) is 5.43 Å². The number of nitrogens with two attached hydrogens (primary N) is 1. The van der Waals surface area contributed by atoms with Crippen LogP contribution in [-0.2, 0) is 5.75 Å². The fraction of sp³-hybridized carbons (Fsp3) is 0.0833. The largest absolute Gasteiger partial charge is 0.308 e. The van der Waals surface area contributed by atoms with E-state index in [0.717, 1.165) is 11.6 Å². The molecule has 0 spiro atoms. The van der Waals surface area contributed by atoms with Crippen molar-refractivity contribution in [2.24, 2.45) is 5.84 Å². The van der Waals surface area contributed by atoms with Crippen LogP contribution in [0, 0.1) is 11.6 Å². The molecule has 0 aliphatic carbocycles. The van der Waals surface area contributed by atoms with Gasteiger partial charge in [0.2, 0.25) is 0 Å². The summed E-state index contributed by atoms with van der Waals surface area (Å²) in [6.07, 6.45) is 1.66. The summed E-state index contributed by atoms with van der Waals surface area (Å²) in [7, 11) is 0. The molecule has 0 saturated heterocycles. The molecule has 18 heavy (non-hydrogen) atoms. The van der Waals surface area contributed by atoms with E-state index in [2.05, 4.69) is 10.4 Å². The van der Waals surface area contributed by atoms with Crippen molar-refractivity contribution >= 4 is 17.6 Å². The number of hydrogen-bond donors (Lipinski definition) is 2. The second-order valence-corrected chi connectivity index (χ2v) is 4.58. The first-order chi connectivity index (χ1) is 8.69. The average Bonchev–Trinajstić information content (AvgIpc) is 2.38. The Morgan fingerprint density at radius 2 is 2.06 bits per heavy atom. The number of nitrogens with one attached hydrogen (secondary N) is 1.